The van der Waals surface area contributed by atoms with Crippen LogP contribution in [-0.4, -0.2) is 30.1 Å². The summed E-state index contributed by atoms with van der Waals surface area (Å²) in [5, 5.41) is 0. The van der Waals surface area contributed by atoms with E-state index in [9.17, 15) is 22.4 Å². The zero-order chi connectivity index (χ0) is 15.3. The summed E-state index contributed by atoms with van der Waals surface area (Å²) in [5.74, 6) is -1.12. The van der Waals surface area contributed by atoms with Crippen molar-refractivity contribution in [2.24, 2.45) is 5.92 Å². The van der Waals surface area contributed by atoms with Gasteiger partial charge in [0, 0.05) is 6.54 Å². The molecule has 0 aliphatic heterocycles. The zero-order valence-corrected chi connectivity index (χ0v) is 11.4. The average molecular weight is 291 g/mol. The van der Waals surface area contributed by atoms with Crippen molar-refractivity contribution in [3.8, 4) is 0 Å². The molecule has 0 heterocycles. The molecule has 0 atom stereocenters. The maximum Gasteiger partial charge on any atom is 0.406 e. The second-order valence-electron chi connectivity index (χ2n) is 5.09. The molecule has 0 bridgehead atoms. The fraction of sp³-hybridized carbons (Fsp3) is 0.500. The van der Waals surface area contributed by atoms with Gasteiger partial charge in [0.25, 0.3) is 0 Å². The molecule has 1 aromatic rings. The summed E-state index contributed by atoms with van der Waals surface area (Å²) in [6.45, 7) is 2.27. The van der Waals surface area contributed by atoms with Gasteiger partial charge in [-0.25, -0.2) is 4.39 Å². The Balaban J connectivity index is 2.74. The Kier molecular flexibility index (Phi) is 5.53. The fourth-order valence-corrected chi connectivity index (χ4v) is 1.80. The molecule has 0 aliphatic rings. The van der Waals surface area contributed by atoms with Crippen molar-refractivity contribution in [3.05, 3.63) is 35.6 Å². The lowest BCUT2D eigenvalue weighted by molar-refractivity contribution is -0.161. The minimum atomic E-state index is -4.42. The van der Waals surface area contributed by atoms with Crippen LogP contribution in [0.3, 0.4) is 0 Å². The lowest BCUT2D eigenvalue weighted by atomic mass is 10.1. The van der Waals surface area contributed by atoms with E-state index in [1.54, 1.807) is 13.8 Å². The topological polar surface area (TPSA) is 20.3 Å². The zero-order valence-electron chi connectivity index (χ0n) is 11.4. The van der Waals surface area contributed by atoms with Crippen LogP contribution in [0.1, 0.15) is 19.4 Å². The third-order valence-corrected chi connectivity index (χ3v) is 2.58. The van der Waals surface area contributed by atoms with Gasteiger partial charge < -0.3 is 4.90 Å². The lowest BCUT2D eigenvalue weighted by Crippen LogP contribution is -2.41. The Bertz CT molecular complexity index is 439. The summed E-state index contributed by atoms with van der Waals surface area (Å²) in [7, 11) is 0. The number of carbonyl (C=O) groups is 1. The fourth-order valence-electron chi connectivity index (χ4n) is 1.80. The number of nitrogens with zero attached hydrogens (tertiary/aromatic N) is 1. The molecule has 0 unspecified atom stereocenters. The summed E-state index contributed by atoms with van der Waals surface area (Å²) in [6, 6.07) is 5.15. The molecule has 0 aromatic heterocycles. The van der Waals surface area contributed by atoms with Crippen LogP contribution in [0.4, 0.5) is 17.6 Å². The Labute approximate surface area is 115 Å². The molecule has 0 aliphatic carbocycles. The predicted octanol–water partition coefficient (Wildman–Crippen LogP) is 3.42. The number of carbonyl (C=O) groups excluding carboxylic acids is 1. The second kappa shape index (κ2) is 6.72. The Morgan fingerprint density at radius 2 is 1.75 bits per heavy atom. The Hall–Kier alpha value is -1.59. The summed E-state index contributed by atoms with van der Waals surface area (Å²) in [4.78, 5) is 12.7. The molecule has 20 heavy (non-hydrogen) atoms. The predicted molar refractivity (Wildman–Crippen MR) is 67.6 cm³/mol. The highest BCUT2D eigenvalue weighted by Gasteiger charge is 2.33. The first-order valence-corrected chi connectivity index (χ1v) is 6.26. The first-order chi connectivity index (χ1) is 9.17. The number of hydrogen-bond acceptors (Lipinski definition) is 1. The molecule has 1 amide bonds. The number of hydrogen-bond donors (Lipinski definition) is 0. The van der Waals surface area contributed by atoms with Gasteiger partial charge >= 0.3 is 6.18 Å². The lowest BCUT2D eigenvalue weighted by Gasteiger charge is -2.25. The highest BCUT2D eigenvalue weighted by molar-refractivity contribution is 5.78. The van der Waals surface area contributed by atoms with Gasteiger partial charge in [-0.15, -0.1) is 0 Å². The van der Waals surface area contributed by atoms with Gasteiger partial charge in [-0.3, -0.25) is 4.79 Å². The molecule has 0 N–H and O–H groups in total. The van der Waals surface area contributed by atoms with Gasteiger partial charge in [0.05, 0.1) is 6.42 Å². The van der Waals surface area contributed by atoms with E-state index in [0.717, 1.165) is 4.90 Å². The van der Waals surface area contributed by atoms with Gasteiger partial charge in [-0.1, -0.05) is 26.0 Å². The van der Waals surface area contributed by atoms with E-state index in [0.29, 0.717) is 5.56 Å². The van der Waals surface area contributed by atoms with Crippen LogP contribution in [0.2, 0.25) is 0 Å². The van der Waals surface area contributed by atoms with E-state index < -0.39 is 24.4 Å². The smallest absolute Gasteiger partial charge is 0.333 e. The maximum absolute atomic E-state index is 12.7. The number of halogens is 4. The van der Waals surface area contributed by atoms with E-state index >= 15 is 0 Å². The standard InChI is InChI=1S/C14H17F4NO/c1-10(2)8-19(9-14(16,17)18)13(20)7-11-3-5-12(15)6-4-11/h3-6,10H,7-9H2,1-2H3. The van der Waals surface area contributed by atoms with Gasteiger partial charge in [-0.05, 0) is 23.6 Å². The third-order valence-electron chi connectivity index (χ3n) is 2.58. The van der Waals surface area contributed by atoms with Crippen molar-refractivity contribution >= 4 is 5.91 Å². The number of benzene rings is 1. The van der Waals surface area contributed by atoms with Gasteiger partial charge in [-0.2, -0.15) is 13.2 Å². The molecule has 0 radical (unpaired) electrons. The van der Waals surface area contributed by atoms with Crippen LogP contribution in [0.25, 0.3) is 0 Å². The quantitative estimate of drug-likeness (QED) is 0.761. The SMILES string of the molecule is CC(C)CN(CC(F)(F)F)C(=O)Cc1ccc(F)cc1. The van der Waals surface area contributed by atoms with E-state index in [1.165, 1.54) is 24.3 Å². The molecule has 0 saturated carbocycles. The van der Waals surface area contributed by atoms with Crippen molar-refractivity contribution in [2.75, 3.05) is 13.1 Å². The maximum atomic E-state index is 12.7. The minimum Gasteiger partial charge on any atom is -0.333 e. The van der Waals surface area contributed by atoms with Crippen molar-refractivity contribution < 1.29 is 22.4 Å². The highest BCUT2D eigenvalue weighted by atomic mass is 19.4. The average Bonchev–Trinajstić information content (AvgIpc) is 2.29. The largest absolute Gasteiger partial charge is 0.406 e. The third kappa shape index (κ3) is 6.04. The molecule has 2 nitrogen and oxygen atoms in total. The first kappa shape index (κ1) is 16.5. The van der Waals surface area contributed by atoms with Crippen LogP contribution < -0.4 is 0 Å². The minimum absolute atomic E-state index is 0.0412. The summed E-state index contributed by atoms with van der Waals surface area (Å²) in [5.41, 5.74) is 0.493. The van der Waals surface area contributed by atoms with Gasteiger partial charge in [0.2, 0.25) is 5.91 Å². The molecule has 1 aromatic carbocycles. The summed E-state index contributed by atoms with van der Waals surface area (Å²) >= 11 is 0. The number of rotatable bonds is 5. The number of alkyl halides is 3. The van der Waals surface area contributed by atoms with E-state index in [4.69, 9.17) is 0 Å². The van der Waals surface area contributed by atoms with Crippen LogP contribution in [0, 0.1) is 11.7 Å². The van der Waals surface area contributed by atoms with Crippen LogP contribution in [0.15, 0.2) is 24.3 Å². The molecule has 0 fully saturated rings. The van der Waals surface area contributed by atoms with Crippen molar-refractivity contribution in [3.63, 3.8) is 0 Å². The summed E-state index contributed by atoms with van der Waals surface area (Å²) in [6.07, 6.45) is -4.59. The number of amides is 1. The van der Waals surface area contributed by atoms with E-state index in [1.807, 2.05) is 0 Å². The van der Waals surface area contributed by atoms with Crippen molar-refractivity contribution in [1.82, 2.24) is 4.90 Å². The van der Waals surface area contributed by atoms with Crippen molar-refractivity contribution in [1.29, 1.82) is 0 Å². The molecule has 0 spiro atoms. The highest BCUT2D eigenvalue weighted by Crippen LogP contribution is 2.18. The normalized spacial score (nSPS) is 11.8. The van der Waals surface area contributed by atoms with Crippen LogP contribution in [-0.2, 0) is 11.2 Å². The Morgan fingerprint density at radius 3 is 2.20 bits per heavy atom. The van der Waals surface area contributed by atoms with Gasteiger partial charge in [0.1, 0.15) is 12.4 Å². The molecule has 0 saturated heterocycles. The molecular weight excluding hydrogens is 274 g/mol. The van der Waals surface area contributed by atoms with E-state index in [2.05, 4.69) is 0 Å². The van der Waals surface area contributed by atoms with Gasteiger partial charge in [0.15, 0.2) is 0 Å². The Morgan fingerprint density at radius 1 is 1.20 bits per heavy atom. The van der Waals surface area contributed by atoms with Crippen molar-refractivity contribution in [2.45, 2.75) is 26.4 Å². The second-order valence-corrected chi connectivity index (χ2v) is 5.09. The molecule has 1 rings (SSSR count). The van der Waals surface area contributed by atoms with Crippen LogP contribution >= 0.6 is 0 Å². The molecule has 6 heteroatoms. The van der Waals surface area contributed by atoms with Crippen LogP contribution in [0.5, 0.6) is 0 Å². The first-order valence-electron chi connectivity index (χ1n) is 6.26. The summed E-state index contributed by atoms with van der Waals surface area (Å²) < 4.78 is 50.1. The monoisotopic (exact) mass is 291 g/mol. The molecule has 112 valence electrons. The molecular formula is C14H17F4NO. The van der Waals surface area contributed by atoms with E-state index in [-0.39, 0.29) is 18.9 Å².